The summed E-state index contributed by atoms with van der Waals surface area (Å²) < 4.78 is 7.19. The molecule has 20 heavy (non-hydrogen) atoms. The molecular weight excluding hydrogens is 264 g/mol. The van der Waals surface area contributed by atoms with Crippen molar-refractivity contribution in [3.8, 4) is 11.5 Å². The second-order valence-corrected chi connectivity index (χ2v) is 4.60. The normalized spacial score (nSPS) is 26.0. The van der Waals surface area contributed by atoms with Crippen LogP contribution >= 0.6 is 0 Å². The van der Waals surface area contributed by atoms with Crippen molar-refractivity contribution in [1.29, 1.82) is 0 Å². The third-order valence-electron chi connectivity index (χ3n) is 3.23. The number of nitrogens with one attached hydrogen (secondary N) is 1. The zero-order valence-electron chi connectivity index (χ0n) is 10.5. The minimum atomic E-state index is -0.703. The quantitative estimate of drug-likeness (QED) is 0.682. The van der Waals surface area contributed by atoms with E-state index in [4.69, 9.17) is 9.84 Å². The average molecular weight is 278 g/mol. The van der Waals surface area contributed by atoms with Crippen molar-refractivity contribution < 1.29 is 14.9 Å². The summed E-state index contributed by atoms with van der Waals surface area (Å²) in [6.45, 7) is -0.229. The number of ether oxygens (including phenoxy) is 1. The first-order valence-electron chi connectivity index (χ1n) is 6.21. The van der Waals surface area contributed by atoms with E-state index in [0.717, 1.165) is 0 Å². The van der Waals surface area contributed by atoms with Crippen LogP contribution in [0.15, 0.2) is 29.6 Å². The number of imidazole rings is 1. The van der Waals surface area contributed by atoms with Crippen LogP contribution in [0.1, 0.15) is 12.6 Å². The summed E-state index contributed by atoms with van der Waals surface area (Å²) in [5.41, 5.74) is 0.255. The maximum atomic E-state index is 11.2. The third kappa shape index (κ3) is 2.36. The first kappa shape index (κ1) is 13.0. The Balaban J connectivity index is 1.83. The largest absolute Gasteiger partial charge is 0.394 e. The van der Waals surface area contributed by atoms with E-state index in [2.05, 4.69) is 15.0 Å². The predicted octanol–water partition coefficient (Wildman–Crippen LogP) is -0.726. The van der Waals surface area contributed by atoms with Crippen LogP contribution in [0.3, 0.4) is 0 Å². The summed E-state index contributed by atoms with van der Waals surface area (Å²) in [4.78, 5) is 22.0. The number of aromatic amines is 1. The average Bonchev–Trinajstić information content (AvgIpc) is 3.05. The molecule has 0 saturated carbocycles. The fourth-order valence-electron chi connectivity index (χ4n) is 2.18. The number of aromatic nitrogens is 4. The molecule has 8 nitrogen and oxygen atoms in total. The number of nitrogens with zero attached hydrogens (tertiary/aromatic N) is 3. The second kappa shape index (κ2) is 5.16. The van der Waals surface area contributed by atoms with Crippen LogP contribution in [0, 0.1) is 0 Å². The molecule has 1 aliphatic rings. The highest BCUT2D eigenvalue weighted by atomic mass is 16.5. The minimum Gasteiger partial charge on any atom is -0.394 e. The number of aliphatic hydroxyl groups excluding tert-OH is 2. The Bertz CT molecular complexity index is 653. The predicted molar refractivity (Wildman–Crippen MR) is 67.7 cm³/mol. The van der Waals surface area contributed by atoms with Crippen molar-refractivity contribution in [1.82, 2.24) is 19.5 Å². The highest BCUT2D eigenvalue weighted by molar-refractivity contribution is 5.46. The number of aliphatic hydroxyl groups is 2. The number of hydrogen-bond donors (Lipinski definition) is 3. The molecule has 3 N–H and O–H groups in total. The van der Waals surface area contributed by atoms with Crippen molar-refractivity contribution in [2.24, 2.45) is 0 Å². The molecule has 0 aromatic carbocycles. The molecule has 3 unspecified atom stereocenters. The fraction of sp³-hybridized carbons (Fsp3) is 0.417. The summed E-state index contributed by atoms with van der Waals surface area (Å²) in [6.07, 6.45) is 3.32. The van der Waals surface area contributed by atoms with Gasteiger partial charge in [-0.05, 0) is 0 Å². The van der Waals surface area contributed by atoms with E-state index in [1.807, 2.05) is 0 Å². The topological polar surface area (TPSA) is 113 Å². The first-order valence-corrected chi connectivity index (χ1v) is 6.21. The van der Waals surface area contributed by atoms with E-state index in [1.165, 1.54) is 12.3 Å². The van der Waals surface area contributed by atoms with Crippen LogP contribution in [0.5, 0.6) is 0 Å². The van der Waals surface area contributed by atoms with E-state index < -0.39 is 12.2 Å². The molecule has 0 spiro atoms. The molecule has 0 amide bonds. The molecule has 2 aromatic rings. The van der Waals surface area contributed by atoms with Crippen LogP contribution < -0.4 is 5.56 Å². The van der Waals surface area contributed by atoms with Gasteiger partial charge >= 0.3 is 0 Å². The summed E-state index contributed by atoms with van der Waals surface area (Å²) >= 11 is 0. The second-order valence-electron chi connectivity index (χ2n) is 4.60. The lowest BCUT2D eigenvalue weighted by Crippen LogP contribution is -2.24. The Kier molecular flexibility index (Phi) is 3.35. The lowest BCUT2D eigenvalue weighted by Gasteiger charge is -2.12. The van der Waals surface area contributed by atoms with Gasteiger partial charge in [0.05, 0.1) is 19.0 Å². The van der Waals surface area contributed by atoms with Crippen LogP contribution in [-0.2, 0) is 4.74 Å². The van der Waals surface area contributed by atoms with Gasteiger partial charge in [0, 0.05) is 24.9 Å². The fourth-order valence-corrected chi connectivity index (χ4v) is 2.18. The Morgan fingerprint density at radius 1 is 1.50 bits per heavy atom. The van der Waals surface area contributed by atoms with Crippen molar-refractivity contribution in [2.45, 2.75) is 24.9 Å². The SMILES string of the molecule is O=c1ccnc(-c2cn(C3CC(O)C(CO)O3)cn2)[nH]1. The van der Waals surface area contributed by atoms with E-state index in [0.29, 0.717) is 17.9 Å². The smallest absolute Gasteiger partial charge is 0.251 e. The molecule has 0 bridgehead atoms. The van der Waals surface area contributed by atoms with Gasteiger partial charge in [0.1, 0.15) is 18.0 Å². The van der Waals surface area contributed by atoms with E-state index in [9.17, 15) is 9.90 Å². The zero-order chi connectivity index (χ0) is 14.1. The Labute approximate surface area is 113 Å². The molecular formula is C12H14N4O4. The molecule has 2 aromatic heterocycles. The maximum Gasteiger partial charge on any atom is 0.251 e. The van der Waals surface area contributed by atoms with Gasteiger partial charge in [0.2, 0.25) is 0 Å². The molecule has 1 fully saturated rings. The summed E-state index contributed by atoms with van der Waals surface area (Å²) in [5.74, 6) is 0.369. The standard InChI is InChI=1S/C12H14N4O4/c17-5-9-8(18)3-11(20-9)16-4-7(14-6-16)12-13-2-1-10(19)15-12/h1-2,4,6,8-9,11,17-18H,3,5H2,(H,13,15,19). The van der Waals surface area contributed by atoms with Crippen molar-refractivity contribution in [3.05, 3.63) is 35.1 Å². The maximum absolute atomic E-state index is 11.2. The summed E-state index contributed by atoms with van der Waals surface area (Å²) in [5, 5.41) is 18.8. The molecule has 106 valence electrons. The minimum absolute atomic E-state index is 0.229. The van der Waals surface area contributed by atoms with Crippen molar-refractivity contribution in [3.63, 3.8) is 0 Å². The lowest BCUT2D eigenvalue weighted by molar-refractivity contribution is -0.0443. The van der Waals surface area contributed by atoms with Gasteiger partial charge in [-0.3, -0.25) is 4.79 Å². The number of hydrogen-bond acceptors (Lipinski definition) is 6. The van der Waals surface area contributed by atoms with Crippen molar-refractivity contribution >= 4 is 0 Å². The van der Waals surface area contributed by atoms with Crippen LogP contribution in [0.25, 0.3) is 11.5 Å². The number of rotatable bonds is 3. The zero-order valence-corrected chi connectivity index (χ0v) is 10.5. The first-order chi connectivity index (χ1) is 9.67. The Morgan fingerprint density at radius 3 is 3.05 bits per heavy atom. The van der Waals surface area contributed by atoms with E-state index in [-0.39, 0.29) is 18.4 Å². The van der Waals surface area contributed by atoms with Gasteiger partial charge in [-0.25, -0.2) is 9.97 Å². The van der Waals surface area contributed by atoms with Gasteiger partial charge in [-0.15, -0.1) is 0 Å². The van der Waals surface area contributed by atoms with Gasteiger partial charge in [-0.2, -0.15) is 0 Å². The van der Waals surface area contributed by atoms with Crippen LogP contribution in [0.4, 0.5) is 0 Å². The van der Waals surface area contributed by atoms with Gasteiger partial charge in [0.25, 0.3) is 5.56 Å². The molecule has 8 heteroatoms. The molecule has 0 radical (unpaired) electrons. The summed E-state index contributed by atoms with van der Waals surface area (Å²) in [6, 6.07) is 1.32. The van der Waals surface area contributed by atoms with Crippen molar-refractivity contribution in [2.75, 3.05) is 6.61 Å². The van der Waals surface area contributed by atoms with Crippen LogP contribution in [-0.4, -0.2) is 48.5 Å². The van der Waals surface area contributed by atoms with Gasteiger partial charge in [0.15, 0.2) is 5.82 Å². The Hall–Kier alpha value is -2.03. The van der Waals surface area contributed by atoms with Crippen LogP contribution in [0.2, 0.25) is 0 Å². The van der Waals surface area contributed by atoms with Gasteiger partial charge < -0.3 is 24.5 Å². The molecule has 1 saturated heterocycles. The van der Waals surface area contributed by atoms with E-state index >= 15 is 0 Å². The molecule has 0 aliphatic carbocycles. The molecule has 3 rings (SSSR count). The Morgan fingerprint density at radius 2 is 2.35 bits per heavy atom. The molecule has 1 aliphatic heterocycles. The van der Waals surface area contributed by atoms with E-state index in [1.54, 1.807) is 17.1 Å². The van der Waals surface area contributed by atoms with Gasteiger partial charge in [-0.1, -0.05) is 0 Å². The third-order valence-corrected chi connectivity index (χ3v) is 3.23. The highest BCUT2D eigenvalue weighted by Gasteiger charge is 2.34. The summed E-state index contributed by atoms with van der Waals surface area (Å²) in [7, 11) is 0. The lowest BCUT2D eigenvalue weighted by atomic mass is 10.2. The monoisotopic (exact) mass is 278 g/mol. The molecule has 3 atom stereocenters. The highest BCUT2D eigenvalue weighted by Crippen LogP contribution is 2.29. The number of H-pyrrole nitrogens is 1. The molecule has 3 heterocycles.